The van der Waals surface area contributed by atoms with E-state index in [2.05, 4.69) is 244 Å². The molecule has 344 valence electrons. The summed E-state index contributed by atoms with van der Waals surface area (Å²) in [5.74, 6) is 0. The highest BCUT2D eigenvalue weighted by molar-refractivity contribution is 6.35. The molecule has 0 fully saturated rings. The molecule has 75 heavy (non-hydrogen) atoms. The van der Waals surface area contributed by atoms with Crippen molar-refractivity contribution in [2.24, 2.45) is 0 Å². The van der Waals surface area contributed by atoms with Crippen LogP contribution in [0.3, 0.4) is 0 Å². The average molecular weight is 945 g/mol. The highest BCUT2D eigenvalue weighted by atomic mass is 14.4. The lowest BCUT2D eigenvalue weighted by Gasteiger charge is -2.25. The Morgan fingerprint density at radius 3 is 1.25 bits per heavy atom. The molecule has 0 saturated carbocycles. The zero-order valence-electron chi connectivity index (χ0n) is 41.4. The Morgan fingerprint density at radius 1 is 0.213 bits per heavy atom. The van der Waals surface area contributed by atoms with Crippen LogP contribution in [0.5, 0.6) is 0 Å². The summed E-state index contributed by atoms with van der Waals surface area (Å²) in [6.45, 7) is 4.86. The van der Waals surface area contributed by atoms with Crippen molar-refractivity contribution in [2.75, 3.05) is 0 Å². The highest BCUT2D eigenvalue weighted by Gasteiger charge is 2.37. The van der Waals surface area contributed by atoms with E-state index in [1.54, 1.807) is 0 Å². The van der Waals surface area contributed by atoms with Crippen LogP contribution >= 0.6 is 0 Å². The molecular weight excluding hydrogens is 901 g/mol. The Balaban J connectivity index is 1.01. The van der Waals surface area contributed by atoms with Crippen LogP contribution in [-0.2, 0) is 5.41 Å². The molecule has 0 aliphatic heterocycles. The van der Waals surface area contributed by atoms with Crippen molar-refractivity contribution in [3.8, 4) is 89.0 Å². The molecule has 0 heteroatoms. The van der Waals surface area contributed by atoms with Crippen LogP contribution in [0.2, 0.25) is 0 Å². The van der Waals surface area contributed by atoms with E-state index in [1.807, 2.05) is 0 Å². The molecule has 0 amide bonds. The van der Waals surface area contributed by atoms with Crippen LogP contribution in [0.15, 0.2) is 231 Å². The van der Waals surface area contributed by atoms with E-state index < -0.39 is 0 Å². The first-order valence-electron chi connectivity index (χ1n) is 26.6. The lowest BCUT2D eigenvalue weighted by Crippen LogP contribution is -2.14. The van der Waals surface area contributed by atoms with Crippen LogP contribution in [0, 0.1) is 0 Å². The van der Waals surface area contributed by atoms with Crippen LogP contribution in [-0.4, -0.2) is 0 Å². The fraction of sp³-hybridized carbons (Fsp3) is 0.0400. The standard InChI is InChI=1S/C75H44/c1-75(2)67-29-8-7-20-48(67)63-39-65-66(40-68(63)75)74(61-37-35-58-47-19-6-4-17-45(47)51-25-13-28-56(61)72(51)58)64-38-42(43-32-33-59-53-22-10-15-41-14-9-21-52(69(41)53)54-26-11-23-49(43)70(54)59)30-31-62(64)73(65)60-36-34-57-46-18-5-3-16-44(46)50-24-12-27-55(60)71(50)57/h3-40H,1-2H3. The minimum Gasteiger partial charge on any atom is -0.0619 e. The molecular formula is C75H44. The second-order valence-electron chi connectivity index (χ2n) is 22.1. The summed E-state index contributed by atoms with van der Waals surface area (Å²) in [5.41, 5.74) is 23.4. The predicted molar refractivity (Wildman–Crippen MR) is 320 cm³/mol. The van der Waals surface area contributed by atoms with Crippen molar-refractivity contribution < 1.29 is 0 Å². The minimum atomic E-state index is -0.196. The van der Waals surface area contributed by atoms with Crippen LogP contribution in [0.1, 0.15) is 25.0 Å². The zero-order chi connectivity index (χ0) is 49.0. The second-order valence-corrected chi connectivity index (χ2v) is 22.1. The molecule has 0 unspecified atom stereocenters. The largest absolute Gasteiger partial charge is 0.0619 e. The maximum Gasteiger partial charge on any atom is 0.0159 e. The predicted octanol–water partition coefficient (Wildman–Crippen LogP) is 21.0. The Bertz CT molecular complexity index is 5030. The van der Waals surface area contributed by atoms with Crippen LogP contribution in [0.4, 0.5) is 0 Å². The van der Waals surface area contributed by atoms with Gasteiger partial charge in [0.15, 0.2) is 0 Å². The molecule has 15 aromatic rings. The van der Waals surface area contributed by atoms with E-state index >= 15 is 0 Å². The van der Waals surface area contributed by atoms with Gasteiger partial charge in [0, 0.05) is 5.41 Å². The monoisotopic (exact) mass is 944 g/mol. The topological polar surface area (TPSA) is 0 Å². The molecule has 0 saturated heterocycles. The number of benzene rings is 15. The Hall–Kier alpha value is -9.36. The first-order valence-corrected chi connectivity index (χ1v) is 26.6. The van der Waals surface area contributed by atoms with Crippen LogP contribution < -0.4 is 0 Å². The van der Waals surface area contributed by atoms with Gasteiger partial charge in [-0.05, 0) is 205 Å². The highest BCUT2D eigenvalue weighted by Crippen LogP contribution is 2.58. The van der Waals surface area contributed by atoms with Crippen molar-refractivity contribution in [3.05, 3.63) is 242 Å². The van der Waals surface area contributed by atoms with Gasteiger partial charge in [-0.25, -0.2) is 0 Å². The smallest absolute Gasteiger partial charge is 0.0159 e. The molecule has 3 aliphatic carbocycles. The molecule has 0 heterocycles. The maximum atomic E-state index is 2.62. The van der Waals surface area contributed by atoms with Gasteiger partial charge in [-0.15, -0.1) is 0 Å². The summed E-state index contributed by atoms with van der Waals surface area (Å²) < 4.78 is 0. The van der Waals surface area contributed by atoms with Gasteiger partial charge in [0.1, 0.15) is 0 Å². The van der Waals surface area contributed by atoms with E-state index in [-0.39, 0.29) is 5.41 Å². The Kier molecular flexibility index (Phi) is 7.51. The first kappa shape index (κ1) is 40.2. The lowest BCUT2D eigenvalue weighted by molar-refractivity contribution is 0.661. The average Bonchev–Trinajstić information content (AvgIpc) is 4.05. The maximum absolute atomic E-state index is 2.62. The summed E-state index contributed by atoms with van der Waals surface area (Å²) in [6.07, 6.45) is 0. The summed E-state index contributed by atoms with van der Waals surface area (Å²) in [4.78, 5) is 0. The third-order valence-corrected chi connectivity index (χ3v) is 18.3. The normalized spacial score (nSPS) is 13.6. The third-order valence-electron chi connectivity index (χ3n) is 18.3. The lowest BCUT2D eigenvalue weighted by atomic mass is 9.78. The summed E-state index contributed by atoms with van der Waals surface area (Å²) in [6, 6.07) is 88.8. The van der Waals surface area contributed by atoms with Gasteiger partial charge < -0.3 is 0 Å². The summed E-state index contributed by atoms with van der Waals surface area (Å²) in [7, 11) is 0. The van der Waals surface area contributed by atoms with Gasteiger partial charge in [0.2, 0.25) is 0 Å². The van der Waals surface area contributed by atoms with Crippen molar-refractivity contribution in [1.82, 2.24) is 0 Å². The van der Waals surface area contributed by atoms with E-state index in [4.69, 9.17) is 0 Å². The van der Waals surface area contributed by atoms with Crippen LogP contribution in [0.25, 0.3) is 175 Å². The number of hydrogen-bond donors (Lipinski definition) is 0. The van der Waals surface area contributed by atoms with Gasteiger partial charge >= 0.3 is 0 Å². The molecule has 0 aromatic heterocycles. The van der Waals surface area contributed by atoms with Crippen molar-refractivity contribution in [2.45, 2.75) is 19.3 Å². The van der Waals surface area contributed by atoms with Gasteiger partial charge in [0.25, 0.3) is 0 Å². The van der Waals surface area contributed by atoms with E-state index in [0.717, 1.165) is 0 Å². The van der Waals surface area contributed by atoms with Crippen molar-refractivity contribution >= 4 is 86.2 Å². The number of hydrogen-bond acceptors (Lipinski definition) is 0. The third kappa shape index (κ3) is 4.98. The molecule has 3 aliphatic rings. The molecule has 0 radical (unpaired) electrons. The van der Waals surface area contributed by atoms with Gasteiger partial charge in [0.05, 0.1) is 0 Å². The minimum absolute atomic E-state index is 0.196. The fourth-order valence-corrected chi connectivity index (χ4v) is 15.1. The molecule has 0 N–H and O–H groups in total. The quantitative estimate of drug-likeness (QED) is 0.122. The second kappa shape index (κ2) is 14.0. The van der Waals surface area contributed by atoms with E-state index in [9.17, 15) is 0 Å². The summed E-state index contributed by atoms with van der Waals surface area (Å²) in [5, 5.41) is 20.9. The number of fused-ring (bicyclic) bond motifs is 13. The van der Waals surface area contributed by atoms with Gasteiger partial charge in [-0.3, -0.25) is 0 Å². The molecule has 0 bridgehead atoms. The Labute approximate surface area is 433 Å². The van der Waals surface area contributed by atoms with Crippen molar-refractivity contribution in [1.29, 1.82) is 0 Å². The molecule has 0 atom stereocenters. The molecule has 18 rings (SSSR count). The number of rotatable bonds is 3. The molecule has 0 nitrogen and oxygen atoms in total. The van der Waals surface area contributed by atoms with Crippen molar-refractivity contribution in [3.63, 3.8) is 0 Å². The molecule has 15 aromatic carbocycles. The molecule has 0 spiro atoms. The van der Waals surface area contributed by atoms with Gasteiger partial charge in [-0.1, -0.05) is 226 Å². The fourth-order valence-electron chi connectivity index (χ4n) is 15.1. The SMILES string of the molecule is CC1(C)c2ccccc2-c2cc3c(-c4ccc5c6c(cccc46)-c4ccccc4-5)c4ccc(-c5ccc6c7cccc8cccc(c9cccc5c96)c87)cc4c(-c4ccc5c6c(cccc46)-c4ccccc4-5)c3cc21. The van der Waals surface area contributed by atoms with E-state index in [0.29, 0.717) is 0 Å². The first-order chi connectivity index (χ1) is 37.0. The Morgan fingerprint density at radius 2 is 0.627 bits per heavy atom. The van der Waals surface area contributed by atoms with Gasteiger partial charge in [-0.2, -0.15) is 0 Å². The summed E-state index contributed by atoms with van der Waals surface area (Å²) >= 11 is 0. The van der Waals surface area contributed by atoms with E-state index in [1.165, 1.54) is 186 Å². The zero-order valence-corrected chi connectivity index (χ0v) is 41.4.